The van der Waals surface area contributed by atoms with E-state index in [9.17, 15) is 9.18 Å². The van der Waals surface area contributed by atoms with Crippen LogP contribution in [0.1, 0.15) is 24.0 Å². The van der Waals surface area contributed by atoms with E-state index in [-0.39, 0.29) is 29.8 Å². The molecule has 0 aromatic heterocycles. The monoisotopic (exact) mass is 453 g/mol. The van der Waals surface area contributed by atoms with Gasteiger partial charge in [-0.05, 0) is 48.6 Å². The Balaban J connectivity index is 1.35. The maximum absolute atomic E-state index is 13.4. The van der Waals surface area contributed by atoms with Crippen LogP contribution in [0.25, 0.3) is 0 Å². The molecule has 3 atom stereocenters. The van der Waals surface area contributed by atoms with Gasteiger partial charge < -0.3 is 19.7 Å². The van der Waals surface area contributed by atoms with Gasteiger partial charge in [0.2, 0.25) is 5.91 Å². The molecule has 0 spiro atoms. The Morgan fingerprint density at radius 2 is 2.06 bits per heavy atom. The zero-order chi connectivity index (χ0) is 22.8. The number of ether oxygens (including phenoxy) is 2. The lowest BCUT2D eigenvalue weighted by molar-refractivity contribution is -0.126. The van der Waals surface area contributed by atoms with Crippen LogP contribution in [-0.4, -0.2) is 62.8 Å². The second-order valence-corrected chi connectivity index (χ2v) is 9.31. The standard InChI is InChI=1S/C26H32FN3O3/c1-32-21-9-6-19-13-23(26(31)28-15-22-3-2-12-33-22)25-17-29(10-11-30(25)24(19)14-21)16-18-4-7-20(27)8-5-18/h4-9,14,22-23,25H,2-3,10-13,15-17H2,1H3,(H,28,31)/t22-,23+,25-/m1/s1. The molecule has 2 aromatic carbocycles. The average molecular weight is 454 g/mol. The Morgan fingerprint density at radius 1 is 1.21 bits per heavy atom. The normalized spacial score (nSPS) is 24.8. The number of piperazine rings is 1. The fourth-order valence-electron chi connectivity index (χ4n) is 5.41. The summed E-state index contributed by atoms with van der Waals surface area (Å²) in [6.45, 7) is 4.62. The molecule has 0 bridgehead atoms. The molecule has 5 rings (SSSR count). The molecule has 3 heterocycles. The lowest BCUT2D eigenvalue weighted by Crippen LogP contribution is -2.61. The van der Waals surface area contributed by atoms with E-state index in [2.05, 4.69) is 27.2 Å². The van der Waals surface area contributed by atoms with Crippen molar-refractivity contribution < 1.29 is 18.7 Å². The summed E-state index contributed by atoms with van der Waals surface area (Å²) in [6, 6.07) is 12.9. The van der Waals surface area contributed by atoms with E-state index < -0.39 is 0 Å². The number of rotatable bonds is 6. The number of hydrogen-bond donors (Lipinski definition) is 1. The summed E-state index contributed by atoms with van der Waals surface area (Å²) in [5, 5.41) is 3.18. The summed E-state index contributed by atoms with van der Waals surface area (Å²) >= 11 is 0. The largest absolute Gasteiger partial charge is 0.497 e. The Kier molecular flexibility index (Phi) is 6.51. The molecule has 0 unspecified atom stereocenters. The van der Waals surface area contributed by atoms with Gasteiger partial charge in [-0.2, -0.15) is 0 Å². The number of carbonyl (C=O) groups excluding carboxylic acids is 1. The van der Waals surface area contributed by atoms with Crippen LogP contribution >= 0.6 is 0 Å². The Morgan fingerprint density at radius 3 is 2.82 bits per heavy atom. The van der Waals surface area contributed by atoms with Crippen molar-refractivity contribution >= 4 is 11.6 Å². The van der Waals surface area contributed by atoms with Crippen molar-refractivity contribution in [3.63, 3.8) is 0 Å². The number of nitrogens with zero attached hydrogens (tertiary/aromatic N) is 2. The molecule has 33 heavy (non-hydrogen) atoms. The van der Waals surface area contributed by atoms with Crippen molar-refractivity contribution in [2.45, 2.75) is 38.0 Å². The van der Waals surface area contributed by atoms with E-state index in [1.165, 1.54) is 23.4 Å². The lowest BCUT2D eigenvalue weighted by Gasteiger charge is -2.49. The molecule has 1 amide bonds. The van der Waals surface area contributed by atoms with E-state index >= 15 is 0 Å². The molecule has 0 saturated carbocycles. The molecule has 1 N–H and O–H groups in total. The molecule has 0 aliphatic carbocycles. The highest BCUT2D eigenvalue weighted by molar-refractivity contribution is 5.82. The van der Waals surface area contributed by atoms with Gasteiger partial charge in [-0.25, -0.2) is 4.39 Å². The van der Waals surface area contributed by atoms with Crippen LogP contribution < -0.4 is 15.0 Å². The number of anilines is 1. The van der Waals surface area contributed by atoms with Crippen LogP contribution in [0.4, 0.5) is 10.1 Å². The van der Waals surface area contributed by atoms with Gasteiger partial charge >= 0.3 is 0 Å². The maximum atomic E-state index is 13.4. The fraction of sp³-hybridized carbons (Fsp3) is 0.500. The number of fused-ring (bicyclic) bond motifs is 3. The van der Waals surface area contributed by atoms with Crippen molar-refractivity contribution in [1.82, 2.24) is 10.2 Å². The zero-order valence-corrected chi connectivity index (χ0v) is 19.1. The highest BCUT2D eigenvalue weighted by atomic mass is 19.1. The number of halogens is 1. The smallest absolute Gasteiger partial charge is 0.225 e. The number of carbonyl (C=O) groups is 1. The molecule has 6 nitrogen and oxygen atoms in total. The van der Waals surface area contributed by atoms with E-state index in [4.69, 9.17) is 9.47 Å². The summed E-state index contributed by atoms with van der Waals surface area (Å²) in [5.41, 5.74) is 3.45. The van der Waals surface area contributed by atoms with Crippen LogP contribution in [0.2, 0.25) is 0 Å². The molecule has 7 heteroatoms. The fourth-order valence-corrected chi connectivity index (χ4v) is 5.41. The van der Waals surface area contributed by atoms with Crippen molar-refractivity contribution in [3.8, 4) is 5.75 Å². The maximum Gasteiger partial charge on any atom is 0.225 e. The third kappa shape index (κ3) is 4.84. The van der Waals surface area contributed by atoms with E-state index in [0.717, 1.165) is 56.9 Å². The second kappa shape index (κ2) is 9.69. The summed E-state index contributed by atoms with van der Waals surface area (Å²) in [4.78, 5) is 18.1. The first-order chi connectivity index (χ1) is 16.1. The number of nitrogens with one attached hydrogen (secondary N) is 1. The van der Waals surface area contributed by atoms with Gasteiger partial charge in [0.1, 0.15) is 11.6 Å². The van der Waals surface area contributed by atoms with Crippen LogP contribution in [0.15, 0.2) is 42.5 Å². The molecular weight excluding hydrogens is 421 g/mol. The molecule has 3 aliphatic heterocycles. The SMILES string of the molecule is COc1ccc2c(c1)N1CCN(Cc3ccc(F)cc3)C[C@@H]1[C@@H](C(=O)NC[C@H]1CCCO1)C2. The Labute approximate surface area is 194 Å². The van der Waals surface area contributed by atoms with Gasteiger partial charge in [-0.15, -0.1) is 0 Å². The minimum atomic E-state index is -0.218. The second-order valence-electron chi connectivity index (χ2n) is 9.31. The van der Waals surface area contributed by atoms with Crippen molar-refractivity contribution in [3.05, 3.63) is 59.4 Å². The van der Waals surface area contributed by atoms with Crippen LogP contribution in [0.5, 0.6) is 5.75 Å². The van der Waals surface area contributed by atoms with Gasteiger partial charge in [-0.3, -0.25) is 9.69 Å². The molecule has 2 fully saturated rings. The van der Waals surface area contributed by atoms with E-state index in [0.29, 0.717) is 13.0 Å². The predicted molar refractivity (Wildman–Crippen MR) is 125 cm³/mol. The molecule has 2 aromatic rings. The van der Waals surface area contributed by atoms with Gasteiger partial charge in [0, 0.05) is 51.1 Å². The summed E-state index contributed by atoms with van der Waals surface area (Å²) in [7, 11) is 1.68. The van der Waals surface area contributed by atoms with Crippen molar-refractivity contribution in [2.24, 2.45) is 5.92 Å². The Hall–Kier alpha value is -2.64. The number of methoxy groups -OCH3 is 1. The van der Waals surface area contributed by atoms with Crippen molar-refractivity contribution in [1.29, 1.82) is 0 Å². The van der Waals surface area contributed by atoms with Crippen LogP contribution in [0.3, 0.4) is 0 Å². The van der Waals surface area contributed by atoms with Gasteiger partial charge in [0.25, 0.3) is 0 Å². The molecule has 176 valence electrons. The topological polar surface area (TPSA) is 54.0 Å². The zero-order valence-electron chi connectivity index (χ0n) is 19.1. The average Bonchev–Trinajstić information content (AvgIpc) is 3.37. The summed E-state index contributed by atoms with van der Waals surface area (Å²) < 4.78 is 24.5. The van der Waals surface area contributed by atoms with Gasteiger partial charge in [0.15, 0.2) is 0 Å². The predicted octanol–water partition coefficient (Wildman–Crippen LogP) is 2.99. The Bertz CT molecular complexity index is 977. The van der Waals surface area contributed by atoms with Gasteiger partial charge in [-0.1, -0.05) is 18.2 Å². The van der Waals surface area contributed by atoms with Crippen LogP contribution in [-0.2, 0) is 22.5 Å². The quantitative estimate of drug-likeness (QED) is 0.729. The minimum absolute atomic E-state index is 0.0725. The first-order valence-corrected chi connectivity index (χ1v) is 11.9. The number of hydrogen-bond acceptors (Lipinski definition) is 5. The highest BCUT2D eigenvalue weighted by Gasteiger charge is 2.41. The van der Waals surface area contributed by atoms with Crippen molar-refractivity contribution in [2.75, 3.05) is 44.8 Å². The van der Waals surface area contributed by atoms with E-state index in [1.807, 2.05) is 18.2 Å². The lowest BCUT2D eigenvalue weighted by atomic mass is 9.83. The summed E-state index contributed by atoms with van der Waals surface area (Å²) in [5.74, 6) is 0.584. The third-order valence-electron chi connectivity index (χ3n) is 7.19. The summed E-state index contributed by atoms with van der Waals surface area (Å²) in [6.07, 6.45) is 2.91. The van der Waals surface area contributed by atoms with Gasteiger partial charge in [0.05, 0.1) is 25.2 Å². The first kappa shape index (κ1) is 22.2. The molecule has 2 saturated heterocycles. The van der Waals surface area contributed by atoms with E-state index in [1.54, 1.807) is 7.11 Å². The number of amides is 1. The molecule has 0 radical (unpaired) electrons. The van der Waals surface area contributed by atoms with Crippen LogP contribution in [0, 0.1) is 11.7 Å². The number of benzene rings is 2. The molecular formula is C26H32FN3O3. The first-order valence-electron chi connectivity index (χ1n) is 11.9. The highest BCUT2D eigenvalue weighted by Crippen LogP contribution is 2.38. The minimum Gasteiger partial charge on any atom is -0.497 e. The molecule has 3 aliphatic rings. The third-order valence-corrected chi connectivity index (χ3v) is 7.19.